The van der Waals surface area contributed by atoms with E-state index in [9.17, 15) is 5.11 Å². The van der Waals surface area contributed by atoms with Gasteiger partial charge in [-0.3, -0.25) is 0 Å². The van der Waals surface area contributed by atoms with Crippen molar-refractivity contribution in [3.8, 4) is 0 Å². The van der Waals surface area contributed by atoms with Gasteiger partial charge >= 0.3 is 0 Å². The Hall–Kier alpha value is -1.12. The quantitative estimate of drug-likeness (QED) is 0.621. The van der Waals surface area contributed by atoms with Gasteiger partial charge in [-0.1, -0.05) is 23.7 Å². The molecule has 0 amide bonds. The molecule has 4 rings (SSSR count). The lowest BCUT2D eigenvalue weighted by atomic mass is 9.88. The second-order valence-electron chi connectivity index (χ2n) is 7.47. The van der Waals surface area contributed by atoms with Crippen molar-refractivity contribution in [1.82, 2.24) is 14.8 Å². The van der Waals surface area contributed by atoms with Crippen LogP contribution in [-0.4, -0.2) is 49.9 Å². The third-order valence-electron chi connectivity index (χ3n) is 5.54. The van der Waals surface area contributed by atoms with E-state index in [4.69, 9.17) is 21.1 Å². The van der Waals surface area contributed by atoms with Crippen LogP contribution in [0, 0.1) is 0 Å². The molecule has 1 aromatic carbocycles. The Morgan fingerprint density at radius 1 is 1.32 bits per heavy atom. The summed E-state index contributed by atoms with van der Waals surface area (Å²) in [5, 5.41) is 16.7. The zero-order valence-electron chi connectivity index (χ0n) is 15.8. The highest BCUT2D eigenvalue weighted by Crippen LogP contribution is 2.60. The molecule has 1 aromatic heterocycles. The number of hydrogen-bond donors (Lipinski definition) is 1. The summed E-state index contributed by atoms with van der Waals surface area (Å²) >= 11 is 7.85. The van der Waals surface area contributed by atoms with E-state index in [1.54, 1.807) is 22.8 Å². The molecular weight excluding hydrogens is 398 g/mol. The topological polar surface area (TPSA) is 69.4 Å². The largest absolute Gasteiger partial charge is 0.382 e. The fourth-order valence-corrected chi connectivity index (χ4v) is 5.33. The molecule has 0 spiro atoms. The molecule has 1 saturated carbocycles. The molecule has 2 aliphatic rings. The molecule has 2 fully saturated rings. The van der Waals surface area contributed by atoms with Crippen LogP contribution < -0.4 is 0 Å². The van der Waals surface area contributed by atoms with E-state index in [2.05, 4.69) is 10.1 Å². The lowest BCUT2D eigenvalue weighted by molar-refractivity contribution is -0.158. The molecule has 0 bridgehead atoms. The first kappa shape index (κ1) is 20.2. The van der Waals surface area contributed by atoms with Gasteiger partial charge in [0.2, 0.25) is 0 Å². The van der Waals surface area contributed by atoms with E-state index in [0.29, 0.717) is 18.2 Å². The summed E-state index contributed by atoms with van der Waals surface area (Å²) < 4.78 is 12.9. The van der Waals surface area contributed by atoms with Crippen LogP contribution in [-0.2, 0) is 21.6 Å². The summed E-state index contributed by atoms with van der Waals surface area (Å²) in [6, 6.07) is 7.47. The Morgan fingerprint density at radius 2 is 2.14 bits per heavy atom. The minimum absolute atomic E-state index is 0.0743. The standard InChI is InChI=1S/C20H26ClN3O3S/c21-17-6-4-16(5-7-17)20(25,13-24-15-22-14-23-24)19(8-9-19)28-12-11-27-18-3-1-2-10-26-18/h4-7,14-15,18,25H,1-3,8-13H2. The number of ether oxygens (including phenoxy) is 2. The monoisotopic (exact) mass is 423 g/mol. The molecule has 2 atom stereocenters. The second kappa shape index (κ2) is 8.71. The van der Waals surface area contributed by atoms with Crippen LogP contribution in [0.25, 0.3) is 0 Å². The number of halogens is 1. The van der Waals surface area contributed by atoms with Crippen molar-refractivity contribution in [3.05, 3.63) is 47.5 Å². The fraction of sp³-hybridized carbons (Fsp3) is 0.600. The Morgan fingerprint density at radius 3 is 2.79 bits per heavy atom. The van der Waals surface area contributed by atoms with E-state index in [0.717, 1.165) is 50.0 Å². The number of aliphatic hydroxyl groups is 1. The first-order chi connectivity index (χ1) is 13.6. The van der Waals surface area contributed by atoms with Crippen LogP contribution in [0.3, 0.4) is 0 Å². The van der Waals surface area contributed by atoms with Crippen molar-refractivity contribution in [3.63, 3.8) is 0 Å². The number of rotatable bonds is 9. The van der Waals surface area contributed by atoms with Gasteiger partial charge in [-0.15, -0.1) is 11.8 Å². The SMILES string of the molecule is OC(Cn1cncn1)(c1ccc(Cl)cc1)C1(SCCOC2CCCCO2)CC1. The van der Waals surface area contributed by atoms with Crippen LogP contribution in [0.2, 0.25) is 5.02 Å². The van der Waals surface area contributed by atoms with Gasteiger partial charge in [0, 0.05) is 17.4 Å². The van der Waals surface area contributed by atoms with Crippen molar-refractivity contribution in [1.29, 1.82) is 0 Å². The van der Waals surface area contributed by atoms with E-state index >= 15 is 0 Å². The smallest absolute Gasteiger partial charge is 0.157 e. The predicted octanol–water partition coefficient (Wildman–Crippen LogP) is 3.63. The van der Waals surface area contributed by atoms with Crippen molar-refractivity contribution in [2.45, 2.75) is 55.3 Å². The average molecular weight is 424 g/mol. The van der Waals surface area contributed by atoms with Crippen LogP contribution in [0.15, 0.2) is 36.9 Å². The maximum Gasteiger partial charge on any atom is 0.157 e. The normalized spacial score (nSPS) is 23.3. The number of benzene rings is 1. The van der Waals surface area contributed by atoms with Gasteiger partial charge in [0.05, 0.1) is 17.9 Å². The van der Waals surface area contributed by atoms with E-state index in [-0.39, 0.29) is 11.0 Å². The third-order valence-corrected chi connectivity index (χ3v) is 7.46. The maximum absolute atomic E-state index is 11.9. The molecule has 1 aliphatic carbocycles. The Kier molecular flexibility index (Phi) is 6.27. The van der Waals surface area contributed by atoms with Gasteiger partial charge in [0.1, 0.15) is 18.3 Å². The van der Waals surface area contributed by atoms with Gasteiger partial charge in [0.15, 0.2) is 6.29 Å². The number of nitrogens with zero attached hydrogens (tertiary/aromatic N) is 3. The van der Waals surface area contributed by atoms with Crippen LogP contribution in [0.5, 0.6) is 0 Å². The molecule has 2 heterocycles. The van der Waals surface area contributed by atoms with Crippen LogP contribution in [0.4, 0.5) is 0 Å². The summed E-state index contributed by atoms with van der Waals surface area (Å²) in [6.07, 6.45) is 8.21. The van der Waals surface area contributed by atoms with Crippen molar-refractivity contribution in [2.24, 2.45) is 0 Å². The third kappa shape index (κ3) is 4.39. The summed E-state index contributed by atoms with van der Waals surface area (Å²) in [7, 11) is 0. The van der Waals surface area contributed by atoms with Crippen molar-refractivity contribution < 1.29 is 14.6 Å². The van der Waals surface area contributed by atoms with Crippen molar-refractivity contribution in [2.75, 3.05) is 19.0 Å². The molecule has 2 aromatic rings. The molecule has 1 aliphatic heterocycles. The highest BCUT2D eigenvalue weighted by molar-refractivity contribution is 8.01. The fourth-order valence-electron chi connectivity index (χ4n) is 3.82. The zero-order chi connectivity index (χ0) is 19.5. The van der Waals surface area contributed by atoms with Crippen LogP contribution >= 0.6 is 23.4 Å². The molecular formula is C20H26ClN3O3S. The van der Waals surface area contributed by atoms with Gasteiger partial charge in [0.25, 0.3) is 0 Å². The molecule has 0 radical (unpaired) electrons. The van der Waals surface area contributed by atoms with Gasteiger partial charge in [-0.2, -0.15) is 5.10 Å². The lowest BCUT2D eigenvalue weighted by Crippen LogP contribution is -2.44. The van der Waals surface area contributed by atoms with Gasteiger partial charge in [-0.25, -0.2) is 9.67 Å². The summed E-state index contributed by atoms with van der Waals surface area (Å²) in [5.74, 6) is 0.813. The molecule has 1 saturated heterocycles. The minimum atomic E-state index is -1.06. The molecule has 2 unspecified atom stereocenters. The zero-order valence-corrected chi connectivity index (χ0v) is 17.4. The predicted molar refractivity (Wildman–Crippen MR) is 109 cm³/mol. The van der Waals surface area contributed by atoms with Crippen LogP contribution in [0.1, 0.15) is 37.7 Å². The summed E-state index contributed by atoms with van der Waals surface area (Å²) in [4.78, 5) is 4.02. The number of aromatic nitrogens is 3. The average Bonchev–Trinajstić information content (AvgIpc) is 3.35. The molecule has 6 nitrogen and oxygen atoms in total. The Labute approximate surface area is 174 Å². The van der Waals surface area contributed by atoms with E-state index in [1.807, 2.05) is 24.3 Å². The van der Waals surface area contributed by atoms with E-state index in [1.165, 1.54) is 6.33 Å². The lowest BCUT2D eigenvalue weighted by Gasteiger charge is -2.37. The minimum Gasteiger partial charge on any atom is -0.382 e. The number of thioether (sulfide) groups is 1. The molecule has 8 heteroatoms. The van der Waals surface area contributed by atoms with Crippen molar-refractivity contribution >= 4 is 23.4 Å². The first-order valence-corrected chi connectivity index (χ1v) is 11.2. The number of hydrogen-bond acceptors (Lipinski definition) is 6. The first-order valence-electron chi connectivity index (χ1n) is 9.79. The molecule has 28 heavy (non-hydrogen) atoms. The Bertz CT molecular complexity index is 749. The van der Waals surface area contributed by atoms with Gasteiger partial charge in [-0.05, 0) is 49.8 Å². The van der Waals surface area contributed by atoms with Gasteiger partial charge < -0.3 is 14.6 Å². The summed E-state index contributed by atoms with van der Waals surface area (Å²) in [6.45, 7) is 1.77. The Balaban J connectivity index is 1.44. The van der Waals surface area contributed by atoms with E-state index < -0.39 is 5.60 Å². The molecule has 152 valence electrons. The summed E-state index contributed by atoms with van der Waals surface area (Å²) in [5.41, 5.74) is -0.203. The second-order valence-corrected chi connectivity index (χ2v) is 9.38. The highest BCUT2D eigenvalue weighted by Gasteiger charge is 2.60. The highest BCUT2D eigenvalue weighted by atomic mass is 35.5. The maximum atomic E-state index is 11.9. The molecule has 1 N–H and O–H groups in total.